The Bertz CT molecular complexity index is 305. The van der Waals surface area contributed by atoms with Gasteiger partial charge in [-0.3, -0.25) is 0 Å². The van der Waals surface area contributed by atoms with Crippen molar-refractivity contribution in [2.75, 3.05) is 0 Å². The average molecular weight is 220 g/mol. The Kier molecular flexibility index (Phi) is 3.46. The lowest BCUT2D eigenvalue weighted by Crippen LogP contribution is -2.21. The first kappa shape index (κ1) is 10.6. The average Bonchev–Trinajstić information content (AvgIpc) is 2.27. The van der Waals surface area contributed by atoms with Gasteiger partial charge in [0.05, 0.1) is 0 Å². The molecular formula is C16H26. The molecule has 2 aliphatic carbocycles. The maximum absolute atomic E-state index is 8.23. The van der Waals surface area contributed by atoms with Gasteiger partial charge in [-0.15, -0.1) is 0 Å². The molecule has 0 spiro atoms. The van der Waals surface area contributed by atoms with Gasteiger partial charge in [0.1, 0.15) is 0 Å². The van der Waals surface area contributed by atoms with Gasteiger partial charge in [0.15, 0.2) is 0 Å². The Labute approximate surface area is 102 Å². The summed E-state index contributed by atoms with van der Waals surface area (Å²) in [5, 5.41) is 0. The van der Waals surface area contributed by atoms with Crippen molar-refractivity contribution < 1.29 is 1.37 Å². The second-order valence-electron chi connectivity index (χ2n) is 5.95. The summed E-state index contributed by atoms with van der Waals surface area (Å²) < 4.78 is 8.23. The largest absolute Gasteiger partial charge is 0.0854 e. The van der Waals surface area contributed by atoms with Crippen molar-refractivity contribution in [2.45, 2.75) is 46.4 Å². The summed E-state index contributed by atoms with van der Waals surface area (Å²) in [7, 11) is 0. The summed E-state index contributed by atoms with van der Waals surface area (Å²) in [6.45, 7) is 6.87. The molecule has 0 saturated carbocycles. The maximum Gasteiger partial charge on any atom is 0.0273 e. The summed E-state index contributed by atoms with van der Waals surface area (Å²) >= 11 is 0. The Balaban J connectivity index is 1.96. The van der Waals surface area contributed by atoms with Crippen molar-refractivity contribution in [1.29, 1.82) is 0 Å². The number of hydrogen-bond donors (Lipinski definition) is 0. The van der Waals surface area contributed by atoms with Crippen LogP contribution in [0, 0.1) is 29.6 Å². The van der Waals surface area contributed by atoms with Crippen LogP contribution < -0.4 is 0 Å². The second-order valence-corrected chi connectivity index (χ2v) is 5.95. The lowest BCUT2D eigenvalue weighted by Gasteiger charge is -2.32. The first-order valence-electron chi connectivity index (χ1n) is 7.43. The van der Waals surface area contributed by atoms with Crippen LogP contribution in [0.5, 0.6) is 0 Å². The Morgan fingerprint density at radius 3 is 2.56 bits per heavy atom. The lowest BCUT2D eigenvalue weighted by molar-refractivity contribution is 0.271. The minimum absolute atomic E-state index is 0.128. The molecule has 2 rings (SSSR count). The van der Waals surface area contributed by atoms with Gasteiger partial charge < -0.3 is 0 Å². The molecule has 0 heteroatoms. The molecule has 90 valence electrons. The quantitative estimate of drug-likeness (QED) is 0.585. The monoisotopic (exact) mass is 220 g/mol. The van der Waals surface area contributed by atoms with Crippen LogP contribution in [0.3, 0.4) is 0 Å². The van der Waals surface area contributed by atoms with E-state index in [-0.39, 0.29) is 6.40 Å². The predicted molar refractivity (Wildman–Crippen MR) is 71.2 cm³/mol. The fraction of sp³-hybridized carbons (Fsp3) is 0.750. The molecule has 0 amide bonds. The summed E-state index contributed by atoms with van der Waals surface area (Å²) in [4.78, 5) is 0. The van der Waals surface area contributed by atoms with E-state index in [1.807, 2.05) is 0 Å². The Morgan fingerprint density at radius 1 is 1.06 bits per heavy atom. The zero-order chi connectivity index (χ0) is 12.4. The first-order valence-corrected chi connectivity index (χ1v) is 6.85. The van der Waals surface area contributed by atoms with Crippen LogP contribution >= 0.6 is 0 Å². The molecular weight excluding hydrogens is 192 g/mol. The van der Waals surface area contributed by atoms with E-state index < -0.39 is 0 Å². The molecule has 6 atom stereocenters. The van der Waals surface area contributed by atoms with Crippen molar-refractivity contribution in [1.82, 2.24) is 0 Å². The van der Waals surface area contributed by atoms with Gasteiger partial charge >= 0.3 is 0 Å². The third kappa shape index (κ3) is 2.99. The smallest absolute Gasteiger partial charge is 0.0273 e. The zero-order valence-electron chi connectivity index (χ0n) is 11.9. The lowest BCUT2D eigenvalue weighted by atomic mass is 9.74. The third-order valence-corrected chi connectivity index (χ3v) is 4.23. The maximum atomic E-state index is 8.23. The summed E-state index contributed by atoms with van der Waals surface area (Å²) in [6.07, 6.45) is 13.1. The van der Waals surface area contributed by atoms with Crippen molar-refractivity contribution in [3.63, 3.8) is 0 Å². The molecule has 0 bridgehead atoms. The van der Waals surface area contributed by atoms with Gasteiger partial charge in [-0.2, -0.15) is 0 Å². The highest BCUT2D eigenvalue weighted by molar-refractivity contribution is 5.02. The van der Waals surface area contributed by atoms with Gasteiger partial charge in [0.25, 0.3) is 0 Å². The fourth-order valence-electron chi connectivity index (χ4n) is 3.01. The van der Waals surface area contributed by atoms with E-state index in [1.165, 1.54) is 12.8 Å². The van der Waals surface area contributed by atoms with Gasteiger partial charge in [-0.05, 0) is 55.2 Å². The summed E-state index contributed by atoms with van der Waals surface area (Å²) in [6, 6.07) is 0. The molecule has 0 N–H and O–H groups in total. The molecule has 6 unspecified atom stereocenters. The minimum Gasteiger partial charge on any atom is -0.0854 e. The summed E-state index contributed by atoms with van der Waals surface area (Å²) in [5.41, 5.74) is 0. The van der Waals surface area contributed by atoms with Crippen LogP contribution in [0.4, 0.5) is 0 Å². The minimum atomic E-state index is 0.128. The van der Waals surface area contributed by atoms with E-state index in [4.69, 9.17) is 1.37 Å². The molecule has 0 aliphatic heterocycles. The third-order valence-electron chi connectivity index (χ3n) is 4.23. The molecule has 0 nitrogen and oxygen atoms in total. The topological polar surface area (TPSA) is 0 Å². The Hall–Kier alpha value is -0.520. The first-order chi connectivity index (χ1) is 8.06. The molecule has 0 aromatic heterocycles. The van der Waals surface area contributed by atoms with Crippen LogP contribution in [-0.4, -0.2) is 0 Å². The number of hydrogen-bond acceptors (Lipinski definition) is 0. The van der Waals surface area contributed by atoms with Crippen LogP contribution in [0.25, 0.3) is 0 Å². The van der Waals surface area contributed by atoms with Gasteiger partial charge in [0, 0.05) is 1.37 Å². The fourth-order valence-corrected chi connectivity index (χ4v) is 3.01. The van der Waals surface area contributed by atoms with E-state index >= 15 is 0 Å². The highest BCUT2D eigenvalue weighted by atomic mass is 14.3. The molecule has 0 saturated heterocycles. The van der Waals surface area contributed by atoms with Gasteiger partial charge in [-0.1, -0.05) is 45.1 Å². The number of allylic oxidation sites excluding steroid dienone is 4. The number of rotatable bonds is 2. The molecule has 16 heavy (non-hydrogen) atoms. The van der Waals surface area contributed by atoms with Crippen molar-refractivity contribution in [2.24, 2.45) is 29.6 Å². The molecule has 2 aliphatic rings. The van der Waals surface area contributed by atoms with E-state index in [0.717, 1.165) is 18.3 Å². The van der Waals surface area contributed by atoms with E-state index in [2.05, 4.69) is 45.1 Å². The molecule has 0 radical (unpaired) electrons. The molecule has 0 heterocycles. The highest BCUT2D eigenvalue weighted by Gasteiger charge is 2.24. The molecule has 0 aromatic carbocycles. The van der Waals surface area contributed by atoms with E-state index in [0.29, 0.717) is 17.8 Å². The summed E-state index contributed by atoms with van der Waals surface area (Å²) in [5.74, 6) is 3.32. The Morgan fingerprint density at radius 2 is 1.81 bits per heavy atom. The van der Waals surface area contributed by atoms with Crippen LogP contribution in [0.2, 0.25) is 0 Å². The van der Waals surface area contributed by atoms with Crippen molar-refractivity contribution in [3.05, 3.63) is 24.3 Å². The normalized spacial score (nSPS) is 49.1. The zero-order valence-corrected chi connectivity index (χ0v) is 10.9. The van der Waals surface area contributed by atoms with Gasteiger partial charge in [0.2, 0.25) is 0 Å². The standard InChI is InChI=1S/C16H26/c1-12-5-8-15(9-6-12)11-16-10-13(2)4-7-14(16)3/h4-5,7-8,12-16H,6,9-11H2,1-3H3/i9T. The SMILES string of the molecule is [3H]C1CC(C)C=CC1CC1CC(C)C=CC1C. The van der Waals surface area contributed by atoms with Crippen LogP contribution in [0.1, 0.15) is 47.8 Å². The van der Waals surface area contributed by atoms with Crippen LogP contribution in [-0.2, 0) is 0 Å². The molecule has 0 aromatic rings. The highest BCUT2D eigenvalue weighted by Crippen LogP contribution is 2.36. The van der Waals surface area contributed by atoms with Crippen LogP contribution in [0.15, 0.2) is 24.3 Å². The second kappa shape index (κ2) is 5.21. The van der Waals surface area contributed by atoms with Crippen molar-refractivity contribution in [3.8, 4) is 0 Å². The van der Waals surface area contributed by atoms with E-state index in [9.17, 15) is 0 Å². The molecule has 0 fully saturated rings. The predicted octanol–water partition coefficient (Wildman–Crippen LogP) is 4.83. The van der Waals surface area contributed by atoms with E-state index in [1.54, 1.807) is 0 Å². The van der Waals surface area contributed by atoms with Gasteiger partial charge in [-0.25, -0.2) is 0 Å². The van der Waals surface area contributed by atoms with Crippen molar-refractivity contribution >= 4 is 0 Å².